The number of hydrogen-bond acceptors (Lipinski definition) is 2. The molecule has 1 atom stereocenters. The Morgan fingerprint density at radius 3 is 2.67 bits per heavy atom. The maximum Gasteiger partial charge on any atom is 0.176 e. The molecule has 0 N–H and O–H groups in total. The van der Waals surface area contributed by atoms with Crippen molar-refractivity contribution >= 4 is 39.8 Å². The molecule has 0 aliphatic carbocycles. The van der Waals surface area contributed by atoms with Gasteiger partial charge in [0, 0.05) is 27.1 Å². The van der Waals surface area contributed by atoms with Crippen LogP contribution in [0.25, 0.3) is 0 Å². The second-order valence-electron chi connectivity index (χ2n) is 2.92. The Kier molecular flexibility index (Phi) is 4.77. The van der Waals surface area contributed by atoms with Crippen molar-refractivity contribution in [3.05, 3.63) is 33.8 Å². The average Bonchev–Trinajstić information content (AvgIpc) is 2.21. The van der Waals surface area contributed by atoms with Crippen LogP contribution in [-0.2, 0) is 10.8 Å². The van der Waals surface area contributed by atoms with Crippen molar-refractivity contribution in [2.45, 2.75) is 6.92 Å². The number of hydrogen-bond donors (Lipinski definition) is 0. The Morgan fingerprint density at radius 1 is 1.40 bits per heavy atom. The Hall–Kier alpha value is -0.380. The molecule has 0 spiro atoms. The van der Waals surface area contributed by atoms with E-state index in [2.05, 4.69) is 0 Å². The molecular formula is C10H10Cl2O2S. The van der Waals surface area contributed by atoms with E-state index < -0.39 is 10.8 Å². The molecule has 1 unspecified atom stereocenters. The summed E-state index contributed by atoms with van der Waals surface area (Å²) in [5.74, 6) is 0.225. The SMILES string of the molecule is CCS(=O)CC(=O)c1cc(Cl)ccc1Cl. The number of carbonyl (C=O) groups is 1. The van der Waals surface area contributed by atoms with Crippen LogP contribution in [0.5, 0.6) is 0 Å². The van der Waals surface area contributed by atoms with Gasteiger partial charge in [0.2, 0.25) is 0 Å². The van der Waals surface area contributed by atoms with Gasteiger partial charge in [-0.15, -0.1) is 0 Å². The van der Waals surface area contributed by atoms with E-state index >= 15 is 0 Å². The van der Waals surface area contributed by atoms with Gasteiger partial charge in [-0.25, -0.2) is 0 Å². The summed E-state index contributed by atoms with van der Waals surface area (Å²) < 4.78 is 11.2. The summed E-state index contributed by atoms with van der Waals surface area (Å²) in [5, 5.41) is 0.794. The summed E-state index contributed by atoms with van der Waals surface area (Å²) in [5.41, 5.74) is 0.339. The van der Waals surface area contributed by atoms with E-state index in [1.54, 1.807) is 19.1 Å². The van der Waals surface area contributed by atoms with Crippen LogP contribution in [0, 0.1) is 0 Å². The van der Waals surface area contributed by atoms with E-state index in [-0.39, 0.29) is 11.5 Å². The van der Waals surface area contributed by atoms with Crippen LogP contribution in [0.3, 0.4) is 0 Å². The van der Waals surface area contributed by atoms with Crippen LogP contribution < -0.4 is 0 Å². The van der Waals surface area contributed by atoms with Gasteiger partial charge in [0.15, 0.2) is 5.78 Å². The monoisotopic (exact) mass is 264 g/mol. The van der Waals surface area contributed by atoms with Gasteiger partial charge in [0.05, 0.1) is 10.8 Å². The van der Waals surface area contributed by atoms with Crippen LogP contribution >= 0.6 is 23.2 Å². The third-order valence-corrected chi connectivity index (χ3v) is 3.64. The molecule has 0 aliphatic rings. The van der Waals surface area contributed by atoms with Gasteiger partial charge in [-0.05, 0) is 18.2 Å². The van der Waals surface area contributed by atoms with Crippen molar-refractivity contribution in [3.63, 3.8) is 0 Å². The highest BCUT2D eigenvalue weighted by Crippen LogP contribution is 2.21. The maximum atomic E-state index is 11.7. The van der Waals surface area contributed by atoms with Crippen molar-refractivity contribution in [1.29, 1.82) is 0 Å². The fraction of sp³-hybridized carbons (Fsp3) is 0.300. The van der Waals surface area contributed by atoms with Crippen LogP contribution in [0.2, 0.25) is 10.0 Å². The average molecular weight is 265 g/mol. The molecule has 0 saturated carbocycles. The largest absolute Gasteiger partial charge is 0.293 e. The zero-order chi connectivity index (χ0) is 11.4. The van der Waals surface area contributed by atoms with Gasteiger partial charge in [-0.2, -0.15) is 0 Å². The van der Waals surface area contributed by atoms with E-state index in [4.69, 9.17) is 23.2 Å². The minimum Gasteiger partial charge on any atom is -0.293 e. The second kappa shape index (κ2) is 5.64. The summed E-state index contributed by atoms with van der Waals surface area (Å²) >= 11 is 11.6. The smallest absolute Gasteiger partial charge is 0.176 e. The first-order valence-electron chi connectivity index (χ1n) is 4.37. The highest BCUT2D eigenvalue weighted by Gasteiger charge is 2.13. The molecule has 1 aromatic carbocycles. The van der Waals surface area contributed by atoms with Gasteiger partial charge < -0.3 is 0 Å². The molecule has 1 aromatic rings. The van der Waals surface area contributed by atoms with Gasteiger partial charge in [-0.1, -0.05) is 30.1 Å². The van der Waals surface area contributed by atoms with Crippen LogP contribution in [0.4, 0.5) is 0 Å². The zero-order valence-electron chi connectivity index (χ0n) is 8.13. The molecule has 0 heterocycles. The maximum absolute atomic E-state index is 11.7. The van der Waals surface area contributed by atoms with Crippen LogP contribution in [0.1, 0.15) is 17.3 Å². The lowest BCUT2D eigenvalue weighted by molar-refractivity contribution is 0.102. The first-order valence-corrected chi connectivity index (χ1v) is 6.62. The lowest BCUT2D eigenvalue weighted by Crippen LogP contribution is -2.12. The molecular weight excluding hydrogens is 255 g/mol. The summed E-state index contributed by atoms with van der Waals surface area (Å²) in [6.45, 7) is 1.77. The molecule has 0 fully saturated rings. The van der Waals surface area contributed by atoms with Crippen molar-refractivity contribution < 1.29 is 9.00 Å². The summed E-state index contributed by atoms with van der Waals surface area (Å²) in [7, 11) is -1.12. The summed E-state index contributed by atoms with van der Waals surface area (Å²) in [6.07, 6.45) is 0. The van der Waals surface area contributed by atoms with E-state index in [1.807, 2.05) is 0 Å². The summed E-state index contributed by atoms with van der Waals surface area (Å²) in [6, 6.07) is 4.67. The Balaban J connectivity index is 2.91. The summed E-state index contributed by atoms with van der Waals surface area (Å²) in [4.78, 5) is 11.7. The van der Waals surface area contributed by atoms with E-state index in [1.165, 1.54) is 6.07 Å². The Labute approximate surface area is 101 Å². The fourth-order valence-corrected chi connectivity index (χ4v) is 2.08. The second-order valence-corrected chi connectivity index (χ2v) is 5.51. The number of rotatable bonds is 4. The number of carbonyl (C=O) groups excluding carboxylic acids is 1. The molecule has 0 saturated heterocycles. The number of halogens is 2. The fourth-order valence-electron chi connectivity index (χ4n) is 1.04. The number of Topliss-reactive ketones (excluding diaryl/α,β-unsaturated/α-hetero) is 1. The van der Waals surface area contributed by atoms with Crippen molar-refractivity contribution in [3.8, 4) is 0 Å². The molecule has 15 heavy (non-hydrogen) atoms. The molecule has 1 rings (SSSR count). The first kappa shape index (κ1) is 12.7. The standard InChI is InChI=1S/C10H10Cl2O2S/c1-2-15(14)6-10(13)8-5-7(11)3-4-9(8)12/h3-5H,2,6H2,1H3. The van der Waals surface area contributed by atoms with Crippen LogP contribution in [0.15, 0.2) is 18.2 Å². The predicted molar refractivity (Wildman–Crippen MR) is 64.3 cm³/mol. The van der Waals surface area contributed by atoms with Crippen molar-refractivity contribution in [1.82, 2.24) is 0 Å². The van der Waals surface area contributed by atoms with E-state index in [0.717, 1.165) is 0 Å². The minimum atomic E-state index is -1.12. The van der Waals surface area contributed by atoms with E-state index in [9.17, 15) is 9.00 Å². The Morgan fingerprint density at radius 2 is 2.07 bits per heavy atom. The Bertz CT molecular complexity index is 404. The molecule has 0 amide bonds. The third-order valence-electron chi connectivity index (χ3n) is 1.84. The van der Waals surface area contributed by atoms with Crippen molar-refractivity contribution in [2.24, 2.45) is 0 Å². The third kappa shape index (κ3) is 3.59. The zero-order valence-corrected chi connectivity index (χ0v) is 10.5. The number of benzene rings is 1. The lowest BCUT2D eigenvalue weighted by atomic mass is 10.1. The molecule has 5 heteroatoms. The lowest BCUT2D eigenvalue weighted by Gasteiger charge is -2.03. The normalized spacial score (nSPS) is 12.5. The van der Waals surface area contributed by atoms with Crippen molar-refractivity contribution in [2.75, 3.05) is 11.5 Å². The minimum absolute atomic E-state index is 0.00341. The highest BCUT2D eigenvalue weighted by molar-refractivity contribution is 7.85. The molecule has 0 bridgehead atoms. The quantitative estimate of drug-likeness (QED) is 0.784. The van der Waals surface area contributed by atoms with Gasteiger partial charge in [0.1, 0.15) is 0 Å². The predicted octanol–water partition coefficient (Wildman–Crippen LogP) is 2.94. The molecule has 0 radical (unpaired) electrons. The molecule has 0 aromatic heterocycles. The van der Waals surface area contributed by atoms with Crippen LogP contribution in [-0.4, -0.2) is 21.5 Å². The first-order chi connectivity index (χ1) is 7.04. The van der Waals surface area contributed by atoms with E-state index in [0.29, 0.717) is 21.4 Å². The van der Waals surface area contributed by atoms with Gasteiger partial charge >= 0.3 is 0 Å². The van der Waals surface area contributed by atoms with Gasteiger partial charge in [-0.3, -0.25) is 9.00 Å². The molecule has 2 nitrogen and oxygen atoms in total. The topological polar surface area (TPSA) is 34.1 Å². The van der Waals surface area contributed by atoms with Gasteiger partial charge in [0.25, 0.3) is 0 Å². The number of ketones is 1. The molecule has 0 aliphatic heterocycles. The highest BCUT2D eigenvalue weighted by atomic mass is 35.5. The molecule has 82 valence electrons.